The van der Waals surface area contributed by atoms with E-state index in [1.165, 1.54) is 16.0 Å². The molecule has 35 heavy (non-hydrogen) atoms. The monoisotopic (exact) mass is 504 g/mol. The van der Waals surface area contributed by atoms with Gasteiger partial charge >= 0.3 is 0 Å². The van der Waals surface area contributed by atoms with Crippen LogP contribution in [0.5, 0.6) is 5.75 Å². The van der Waals surface area contributed by atoms with Gasteiger partial charge in [-0.05, 0) is 35.7 Å². The Morgan fingerprint density at radius 3 is 2.34 bits per heavy atom. The first-order chi connectivity index (χ1) is 17.0. The van der Waals surface area contributed by atoms with Gasteiger partial charge in [-0.25, -0.2) is 9.96 Å². The number of carbonyl (C=O) groups excluding carboxylic acids is 2. The van der Waals surface area contributed by atoms with Gasteiger partial charge in [-0.2, -0.15) is 0 Å². The van der Waals surface area contributed by atoms with Crippen LogP contribution in [0.2, 0.25) is 10.0 Å². The second-order valence-corrected chi connectivity index (χ2v) is 9.34. The van der Waals surface area contributed by atoms with Crippen LogP contribution < -0.4 is 9.96 Å². The molecule has 2 heterocycles. The fraction of sp³-hybridized carbons (Fsp3) is 0.111. The number of anilines is 2. The van der Waals surface area contributed by atoms with Crippen LogP contribution >= 0.6 is 23.2 Å². The average molecular weight is 505 g/mol. The van der Waals surface area contributed by atoms with Crippen LogP contribution in [0, 0.1) is 5.92 Å². The van der Waals surface area contributed by atoms with Gasteiger partial charge in [0.05, 0.1) is 22.4 Å². The lowest BCUT2D eigenvalue weighted by Crippen LogP contribution is -2.37. The summed E-state index contributed by atoms with van der Waals surface area (Å²) in [6, 6.07) is 24.3. The number of para-hydroxylation sites is 1. The number of hydrogen-bond acceptors (Lipinski definition) is 5. The molecule has 0 radical (unpaired) electrons. The Kier molecular flexibility index (Phi) is 5.18. The summed E-state index contributed by atoms with van der Waals surface area (Å²) in [6.07, 6.45) is -1.08. The number of fused-ring (bicyclic) bond motifs is 2. The zero-order valence-electron chi connectivity index (χ0n) is 18.1. The van der Waals surface area contributed by atoms with Crippen molar-refractivity contribution in [2.45, 2.75) is 12.1 Å². The van der Waals surface area contributed by atoms with Gasteiger partial charge in [0, 0.05) is 16.0 Å². The maximum Gasteiger partial charge on any atom is 0.266 e. The van der Waals surface area contributed by atoms with Crippen molar-refractivity contribution in [3.05, 3.63) is 101 Å². The van der Waals surface area contributed by atoms with Crippen LogP contribution in [0.1, 0.15) is 11.6 Å². The molecule has 2 amide bonds. The Morgan fingerprint density at radius 2 is 1.54 bits per heavy atom. The first-order valence-corrected chi connectivity index (χ1v) is 11.8. The summed E-state index contributed by atoms with van der Waals surface area (Å²) in [5.74, 6) is -2.03. The number of imide groups is 1. The molecule has 2 saturated heterocycles. The summed E-state index contributed by atoms with van der Waals surface area (Å²) in [7, 11) is 0. The normalized spacial score (nSPS) is 21.7. The molecule has 4 aromatic carbocycles. The van der Waals surface area contributed by atoms with Crippen LogP contribution in [-0.4, -0.2) is 23.0 Å². The molecule has 6 nitrogen and oxygen atoms in total. The summed E-state index contributed by atoms with van der Waals surface area (Å²) in [4.78, 5) is 34.9. The third-order valence-corrected chi connectivity index (χ3v) is 7.02. The van der Waals surface area contributed by atoms with Crippen LogP contribution in [0.3, 0.4) is 0 Å². The molecule has 2 fully saturated rings. The summed E-state index contributed by atoms with van der Waals surface area (Å²) in [6.45, 7) is 0. The molecule has 0 saturated carbocycles. The molecule has 0 bridgehead atoms. The first kappa shape index (κ1) is 21.9. The molecule has 2 aliphatic rings. The second-order valence-electron chi connectivity index (χ2n) is 8.49. The minimum absolute atomic E-state index is 0.0478. The van der Waals surface area contributed by atoms with E-state index in [2.05, 4.69) is 0 Å². The highest BCUT2D eigenvalue weighted by Crippen LogP contribution is 2.51. The Hall–Kier alpha value is -3.58. The largest absolute Gasteiger partial charge is 0.506 e. The minimum atomic E-state index is -1.08. The standard InChI is InChI=1S/C27H18Cl2N2O4/c28-16-13-19(24(32)20(29)14-16)23-22-25(35-31(23)17-9-2-1-3-10-17)27(34)30(26(22)33)21-12-6-8-15-7-4-5-11-18(15)21/h1-14,22-23,25,32H/t22-,23+,25+/m0/s1. The summed E-state index contributed by atoms with van der Waals surface area (Å²) in [5.41, 5.74) is 1.42. The van der Waals surface area contributed by atoms with E-state index < -0.39 is 29.9 Å². The number of phenols is 1. The van der Waals surface area contributed by atoms with E-state index in [0.29, 0.717) is 22.0 Å². The molecule has 0 aromatic heterocycles. The predicted octanol–water partition coefficient (Wildman–Crippen LogP) is 5.90. The van der Waals surface area contributed by atoms with E-state index in [0.717, 1.165) is 10.8 Å². The maximum absolute atomic E-state index is 13.9. The summed E-state index contributed by atoms with van der Waals surface area (Å²) < 4.78 is 0. The molecular weight excluding hydrogens is 487 g/mol. The molecule has 0 aliphatic carbocycles. The molecule has 174 valence electrons. The number of carbonyl (C=O) groups is 2. The lowest BCUT2D eigenvalue weighted by molar-refractivity contribution is -0.126. The van der Waals surface area contributed by atoms with Crippen molar-refractivity contribution in [1.29, 1.82) is 0 Å². The average Bonchev–Trinajstić information content (AvgIpc) is 3.37. The molecule has 3 atom stereocenters. The van der Waals surface area contributed by atoms with E-state index in [1.54, 1.807) is 24.3 Å². The highest BCUT2D eigenvalue weighted by molar-refractivity contribution is 6.35. The van der Waals surface area contributed by atoms with E-state index in [-0.39, 0.29) is 10.8 Å². The maximum atomic E-state index is 13.9. The van der Waals surface area contributed by atoms with Gasteiger partial charge in [-0.15, -0.1) is 0 Å². The molecule has 4 aromatic rings. The van der Waals surface area contributed by atoms with Crippen molar-refractivity contribution in [2.75, 3.05) is 9.96 Å². The topological polar surface area (TPSA) is 70.1 Å². The molecule has 0 spiro atoms. The predicted molar refractivity (Wildman–Crippen MR) is 135 cm³/mol. The van der Waals surface area contributed by atoms with Gasteiger partial charge in [0.2, 0.25) is 5.91 Å². The first-order valence-electron chi connectivity index (χ1n) is 11.0. The number of amides is 2. The van der Waals surface area contributed by atoms with Gasteiger partial charge in [0.25, 0.3) is 5.91 Å². The van der Waals surface area contributed by atoms with E-state index in [1.807, 2.05) is 54.6 Å². The van der Waals surface area contributed by atoms with Crippen LogP contribution in [-0.2, 0) is 14.4 Å². The number of benzene rings is 4. The third-order valence-electron chi connectivity index (χ3n) is 6.51. The lowest BCUT2D eigenvalue weighted by atomic mass is 9.90. The van der Waals surface area contributed by atoms with Gasteiger partial charge < -0.3 is 5.11 Å². The number of rotatable bonds is 3. The van der Waals surface area contributed by atoms with Crippen LogP contribution in [0.4, 0.5) is 11.4 Å². The Bertz CT molecular complexity index is 1490. The van der Waals surface area contributed by atoms with E-state index >= 15 is 0 Å². The molecule has 6 rings (SSSR count). The number of phenolic OH excluding ortho intramolecular Hbond substituents is 1. The van der Waals surface area contributed by atoms with Gasteiger partial charge in [-0.1, -0.05) is 77.8 Å². The van der Waals surface area contributed by atoms with Crippen molar-refractivity contribution < 1.29 is 19.5 Å². The molecule has 1 N–H and O–H groups in total. The van der Waals surface area contributed by atoms with Gasteiger partial charge in [0.15, 0.2) is 6.10 Å². The highest BCUT2D eigenvalue weighted by Gasteiger charge is 2.61. The zero-order chi connectivity index (χ0) is 24.3. The van der Waals surface area contributed by atoms with E-state index in [9.17, 15) is 14.7 Å². The van der Waals surface area contributed by atoms with Crippen molar-refractivity contribution in [3.8, 4) is 5.75 Å². The Labute approximate surface area is 210 Å². The second kappa shape index (κ2) is 8.27. The fourth-order valence-corrected chi connectivity index (χ4v) is 5.49. The van der Waals surface area contributed by atoms with Crippen molar-refractivity contribution in [3.63, 3.8) is 0 Å². The van der Waals surface area contributed by atoms with Gasteiger partial charge in [0.1, 0.15) is 11.7 Å². The summed E-state index contributed by atoms with van der Waals surface area (Å²) in [5, 5.41) is 14.4. The van der Waals surface area contributed by atoms with Crippen LogP contribution in [0.15, 0.2) is 84.9 Å². The van der Waals surface area contributed by atoms with Gasteiger partial charge in [-0.3, -0.25) is 14.4 Å². The highest BCUT2D eigenvalue weighted by atomic mass is 35.5. The number of hydrogen-bond donors (Lipinski definition) is 1. The lowest BCUT2D eigenvalue weighted by Gasteiger charge is -2.29. The minimum Gasteiger partial charge on any atom is -0.506 e. The Morgan fingerprint density at radius 1 is 0.829 bits per heavy atom. The zero-order valence-corrected chi connectivity index (χ0v) is 19.6. The number of hydroxylamine groups is 1. The summed E-state index contributed by atoms with van der Waals surface area (Å²) >= 11 is 12.5. The van der Waals surface area contributed by atoms with Crippen molar-refractivity contribution >= 4 is 57.2 Å². The smallest absolute Gasteiger partial charge is 0.266 e. The molecule has 0 unspecified atom stereocenters. The molecule has 2 aliphatic heterocycles. The Balaban J connectivity index is 1.51. The third kappa shape index (κ3) is 3.37. The molecule has 8 heteroatoms. The molecular formula is C27H18Cl2N2O4. The number of halogens is 2. The number of nitrogens with zero attached hydrogens (tertiary/aromatic N) is 2. The number of aromatic hydroxyl groups is 1. The quantitative estimate of drug-likeness (QED) is 0.351. The SMILES string of the molecule is O=C1[C@H]2[C@@H](c3cc(Cl)cc(Cl)c3O)N(c3ccccc3)O[C@H]2C(=O)N1c1cccc2ccccc12. The fourth-order valence-electron chi connectivity index (χ4n) is 4.98. The van der Waals surface area contributed by atoms with Crippen molar-refractivity contribution in [2.24, 2.45) is 5.92 Å². The van der Waals surface area contributed by atoms with Crippen LogP contribution in [0.25, 0.3) is 10.8 Å². The van der Waals surface area contributed by atoms with E-state index in [4.69, 9.17) is 28.0 Å². The van der Waals surface area contributed by atoms with Crippen molar-refractivity contribution in [1.82, 2.24) is 0 Å².